The highest BCUT2D eigenvalue weighted by Crippen LogP contribution is 2.68. The third-order valence-corrected chi connectivity index (χ3v) is 8.68. The molecule has 2 saturated carbocycles. The zero-order valence-corrected chi connectivity index (χ0v) is 16.0. The van der Waals surface area contributed by atoms with Gasteiger partial charge in [-0.1, -0.05) is 31.6 Å². The van der Waals surface area contributed by atoms with Gasteiger partial charge in [-0.25, -0.2) is 4.39 Å². The van der Waals surface area contributed by atoms with Crippen molar-refractivity contribution in [2.24, 2.45) is 22.7 Å². The second kappa shape index (κ2) is 5.56. The summed E-state index contributed by atoms with van der Waals surface area (Å²) in [7, 11) is 0. The standard InChI is InChI=1S/C21H27FO2S/c1-4-25-18-8-7-15-16-6-5-13-11-14(23)9-10-20(13,3)21(16,22)17(24)12-19(15,18)2/h8-11,15-17,24H,4-7,12H2,1-3H3/t15-,16-,17-,19-,20-,21?/m0/s1. The fourth-order valence-corrected chi connectivity index (χ4v) is 7.21. The van der Waals surface area contributed by atoms with Gasteiger partial charge in [0.05, 0.1) is 6.10 Å². The van der Waals surface area contributed by atoms with E-state index >= 15 is 4.39 Å². The number of aliphatic hydroxyl groups excluding tert-OH is 1. The van der Waals surface area contributed by atoms with Crippen LogP contribution in [0, 0.1) is 22.7 Å². The van der Waals surface area contributed by atoms with Crippen LogP contribution < -0.4 is 0 Å². The van der Waals surface area contributed by atoms with Gasteiger partial charge in [0, 0.05) is 16.7 Å². The molecule has 2 fully saturated rings. The predicted octanol–water partition coefficient (Wildman–Crippen LogP) is 4.60. The summed E-state index contributed by atoms with van der Waals surface area (Å²) in [5, 5.41) is 11.1. The van der Waals surface area contributed by atoms with Crippen LogP contribution in [0.15, 0.2) is 34.8 Å². The molecule has 0 spiro atoms. The van der Waals surface area contributed by atoms with Gasteiger partial charge >= 0.3 is 0 Å². The molecular formula is C21H27FO2S. The number of carbonyl (C=O) groups excluding carboxylic acids is 1. The van der Waals surface area contributed by atoms with E-state index in [4.69, 9.17) is 0 Å². The first-order valence-electron chi connectivity index (χ1n) is 9.42. The van der Waals surface area contributed by atoms with Crippen LogP contribution in [-0.2, 0) is 4.79 Å². The molecule has 0 aromatic rings. The van der Waals surface area contributed by atoms with Gasteiger partial charge in [0.15, 0.2) is 11.5 Å². The number of hydrogen-bond acceptors (Lipinski definition) is 3. The first kappa shape index (κ1) is 17.5. The molecule has 0 saturated heterocycles. The Morgan fingerprint density at radius 3 is 2.84 bits per heavy atom. The lowest BCUT2D eigenvalue weighted by Crippen LogP contribution is -2.66. The lowest BCUT2D eigenvalue weighted by atomic mass is 9.46. The number of thioether (sulfide) groups is 1. The Kier molecular flexibility index (Phi) is 3.90. The molecule has 0 radical (unpaired) electrons. The quantitative estimate of drug-likeness (QED) is 0.780. The number of alkyl halides is 1. The molecule has 0 bridgehead atoms. The maximum Gasteiger partial charge on any atom is 0.178 e. The predicted molar refractivity (Wildman–Crippen MR) is 100.0 cm³/mol. The number of allylic oxidation sites excluding steroid dienone is 6. The zero-order valence-electron chi connectivity index (χ0n) is 15.2. The first-order chi connectivity index (χ1) is 11.8. The normalized spacial score (nSPS) is 48.4. The van der Waals surface area contributed by atoms with Crippen LogP contribution in [-0.4, -0.2) is 28.4 Å². The van der Waals surface area contributed by atoms with Crippen molar-refractivity contribution in [1.82, 2.24) is 0 Å². The third kappa shape index (κ3) is 2.10. The molecule has 4 heteroatoms. The molecule has 0 aromatic carbocycles. The van der Waals surface area contributed by atoms with Gasteiger partial charge in [-0.3, -0.25) is 4.79 Å². The summed E-state index contributed by atoms with van der Waals surface area (Å²) < 4.78 is 16.7. The number of fused-ring (bicyclic) bond motifs is 5. The second-order valence-electron chi connectivity index (χ2n) is 8.50. The average Bonchev–Trinajstić information content (AvgIpc) is 2.87. The fourth-order valence-electron chi connectivity index (χ4n) is 6.12. The highest BCUT2D eigenvalue weighted by atomic mass is 32.2. The molecule has 2 nitrogen and oxygen atoms in total. The summed E-state index contributed by atoms with van der Waals surface area (Å²) in [5.74, 6) is 1.01. The Morgan fingerprint density at radius 2 is 2.12 bits per heavy atom. The number of hydrogen-bond donors (Lipinski definition) is 1. The monoisotopic (exact) mass is 362 g/mol. The molecule has 0 amide bonds. The van der Waals surface area contributed by atoms with Crippen molar-refractivity contribution >= 4 is 17.5 Å². The fraction of sp³-hybridized carbons (Fsp3) is 0.667. The molecular weight excluding hydrogens is 335 g/mol. The Bertz CT molecular complexity index is 711. The minimum absolute atomic E-state index is 0.0613. The summed E-state index contributed by atoms with van der Waals surface area (Å²) >= 11 is 1.84. The Hall–Kier alpha value is -0.870. The molecule has 6 atom stereocenters. The van der Waals surface area contributed by atoms with Crippen LogP contribution >= 0.6 is 11.8 Å². The van der Waals surface area contributed by atoms with Gasteiger partial charge in [0.2, 0.25) is 0 Å². The third-order valence-electron chi connectivity index (χ3n) is 7.45. The van der Waals surface area contributed by atoms with Crippen LogP contribution in [0.4, 0.5) is 4.39 Å². The lowest BCUT2D eigenvalue weighted by molar-refractivity contribution is -0.184. The molecule has 4 aliphatic carbocycles. The Balaban J connectivity index is 1.77. The Morgan fingerprint density at radius 1 is 1.36 bits per heavy atom. The molecule has 0 aliphatic heterocycles. The summed E-state index contributed by atoms with van der Waals surface area (Å²) in [5.41, 5.74) is -1.83. The van der Waals surface area contributed by atoms with E-state index in [2.05, 4.69) is 19.9 Å². The molecule has 136 valence electrons. The Labute approximate surface area is 153 Å². The van der Waals surface area contributed by atoms with Crippen molar-refractivity contribution < 1.29 is 14.3 Å². The van der Waals surface area contributed by atoms with E-state index in [0.29, 0.717) is 12.8 Å². The van der Waals surface area contributed by atoms with Gasteiger partial charge in [-0.2, -0.15) is 0 Å². The minimum Gasteiger partial charge on any atom is -0.390 e. The molecule has 25 heavy (non-hydrogen) atoms. The summed E-state index contributed by atoms with van der Waals surface area (Å²) in [6, 6.07) is 0. The molecule has 0 heterocycles. The molecule has 0 aromatic heterocycles. The lowest BCUT2D eigenvalue weighted by Gasteiger charge is -2.61. The van der Waals surface area contributed by atoms with E-state index in [1.54, 1.807) is 12.2 Å². The van der Waals surface area contributed by atoms with Crippen LogP contribution in [0.2, 0.25) is 0 Å². The van der Waals surface area contributed by atoms with Gasteiger partial charge in [-0.15, -0.1) is 11.8 Å². The van der Waals surface area contributed by atoms with E-state index in [-0.39, 0.29) is 23.0 Å². The van der Waals surface area contributed by atoms with E-state index in [9.17, 15) is 9.90 Å². The van der Waals surface area contributed by atoms with Gasteiger partial charge < -0.3 is 5.11 Å². The van der Waals surface area contributed by atoms with Crippen molar-refractivity contribution in [2.45, 2.75) is 58.2 Å². The maximum absolute atomic E-state index is 16.7. The molecule has 4 aliphatic rings. The van der Waals surface area contributed by atoms with Crippen molar-refractivity contribution in [2.75, 3.05) is 5.75 Å². The van der Waals surface area contributed by atoms with E-state index in [1.165, 1.54) is 11.0 Å². The van der Waals surface area contributed by atoms with E-state index < -0.39 is 17.2 Å². The topological polar surface area (TPSA) is 37.3 Å². The number of carbonyl (C=O) groups is 1. The first-order valence-corrected chi connectivity index (χ1v) is 10.4. The molecule has 1 N–H and O–H groups in total. The molecule has 4 rings (SSSR count). The van der Waals surface area contributed by atoms with Crippen molar-refractivity contribution in [3.05, 3.63) is 34.8 Å². The number of rotatable bonds is 2. The van der Waals surface area contributed by atoms with Gasteiger partial charge in [-0.05, 0) is 61.3 Å². The van der Waals surface area contributed by atoms with Crippen molar-refractivity contribution in [3.8, 4) is 0 Å². The van der Waals surface area contributed by atoms with Crippen molar-refractivity contribution in [3.63, 3.8) is 0 Å². The highest BCUT2D eigenvalue weighted by Gasteiger charge is 2.69. The highest BCUT2D eigenvalue weighted by molar-refractivity contribution is 8.03. The smallest absolute Gasteiger partial charge is 0.178 e. The second-order valence-corrected chi connectivity index (χ2v) is 9.81. The van der Waals surface area contributed by atoms with Gasteiger partial charge in [0.25, 0.3) is 0 Å². The number of ketones is 1. The van der Waals surface area contributed by atoms with Crippen LogP contribution in [0.3, 0.4) is 0 Å². The summed E-state index contributed by atoms with van der Waals surface area (Å²) in [6.07, 6.45) is 8.92. The number of halogens is 1. The zero-order chi connectivity index (χ0) is 18.0. The largest absolute Gasteiger partial charge is 0.390 e. The summed E-state index contributed by atoms with van der Waals surface area (Å²) in [6.45, 7) is 6.24. The maximum atomic E-state index is 16.7. The van der Waals surface area contributed by atoms with Crippen molar-refractivity contribution in [1.29, 1.82) is 0 Å². The van der Waals surface area contributed by atoms with Crippen LogP contribution in [0.1, 0.15) is 46.5 Å². The average molecular weight is 363 g/mol. The van der Waals surface area contributed by atoms with Crippen LogP contribution in [0.5, 0.6) is 0 Å². The van der Waals surface area contributed by atoms with E-state index in [0.717, 1.165) is 24.2 Å². The van der Waals surface area contributed by atoms with E-state index in [1.807, 2.05) is 18.7 Å². The van der Waals surface area contributed by atoms with Crippen LogP contribution in [0.25, 0.3) is 0 Å². The SMILES string of the molecule is CCSC1=CC[C@H]2[C@@H]3CCC4=CC(=O)C=C[C@]4(C)C3(F)[C@@H](O)C[C@]12C. The van der Waals surface area contributed by atoms with Gasteiger partial charge in [0.1, 0.15) is 0 Å². The number of aliphatic hydroxyl groups is 1. The molecule has 1 unspecified atom stereocenters. The minimum atomic E-state index is -1.70. The summed E-state index contributed by atoms with van der Waals surface area (Å²) in [4.78, 5) is 13.1.